The van der Waals surface area contributed by atoms with Gasteiger partial charge in [-0.3, -0.25) is 10.1 Å². The predicted octanol–water partition coefficient (Wildman–Crippen LogP) is 0.615. The lowest BCUT2D eigenvalue weighted by Crippen LogP contribution is -2.19. The summed E-state index contributed by atoms with van der Waals surface area (Å²) in [6, 6.07) is 1.16. The highest BCUT2D eigenvalue weighted by Gasteiger charge is 2.12. The Morgan fingerprint density at radius 1 is 1.75 bits per heavy atom. The fourth-order valence-electron chi connectivity index (χ4n) is 0.765. The number of nitrogens with two attached hydrogens (primary N) is 2. The maximum absolute atomic E-state index is 10.3. The Bertz CT molecular complexity index is 286. The van der Waals surface area contributed by atoms with E-state index >= 15 is 0 Å². The monoisotopic (exact) mass is 187 g/mol. The molecule has 0 amide bonds. The van der Waals surface area contributed by atoms with Gasteiger partial charge in [-0.05, 0) is 5.56 Å². The molecular weight excluding hydrogens is 178 g/mol. The van der Waals surface area contributed by atoms with Gasteiger partial charge in [0.25, 0.3) is 0 Å². The molecule has 1 rings (SSSR count). The molecule has 0 saturated heterocycles. The molecule has 0 aliphatic carbocycles. The van der Waals surface area contributed by atoms with E-state index in [1.807, 2.05) is 0 Å². The zero-order valence-corrected chi connectivity index (χ0v) is 7.08. The van der Waals surface area contributed by atoms with Crippen LogP contribution >= 0.6 is 11.3 Å². The molecule has 0 radical (unpaired) electrons. The number of nitrogens with zero attached hydrogens (tertiary/aromatic N) is 1. The van der Waals surface area contributed by atoms with E-state index in [1.54, 1.807) is 5.38 Å². The molecule has 1 aromatic heterocycles. The minimum Gasteiger partial charge on any atom is -0.329 e. The predicted molar refractivity (Wildman–Crippen MR) is 47.0 cm³/mol. The van der Waals surface area contributed by atoms with Crippen molar-refractivity contribution >= 4 is 16.3 Å². The van der Waals surface area contributed by atoms with Gasteiger partial charge in [0.15, 0.2) is 0 Å². The Labute approximate surface area is 73.1 Å². The van der Waals surface area contributed by atoms with E-state index in [0.29, 0.717) is 6.54 Å². The molecule has 0 bridgehead atoms. The highest BCUT2D eigenvalue weighted by Crippen LogP contribution is 2.25. The van der Waals surface area contributed by atoms with Crippen LogP contribution < -0.4 is 11.5 Å². The summed E-state index contributed by atoms with van der Waals surface area (Å²) in [6.45, 7) is 0.299. The largest absolute Gasteiger partial charge is 0.329 e. The molecule has 0 fully saturated rings. The van der Waals surface area contributed by atoms with Gasteiger partial charge in [-0.25, -0.2) is 0 Å². The third kappa shape index (κ3) is 1.79. The van der Waals surface area contributed by atoms with Crippen LogP contribution in [0.3, 0.4) is 0 Å². The highest BCUT2D eigenvalue weighted by atomic mass is 32.1. The van der Waals surface area contributed by atoms with Gasteiger partial charge in [0.1, 0.15) is 0 Å². The summed E-state index contributed by atoms with van der Waals surface area (Å²) in [6.07, 6.45) is 0. The zero-order valence-electron chi connectivity index (χ0n) is 6.27. The number of rotatable bonds is 3. The second kappa shape index (κ2) is 3.61. The maximum Gasteiger partial charge on any atom is 0.324 e. The van der Waals surface area contributed by atoms with Crippen molar-refractivity contribution in [2.75, 3.05) is 6.54 Å². The van der Waals surface area contributed by atoms with Crippen LogP contribution in [0.5, 0.6) is 0 Å². The van der Waals surface area contributed by atoms with Gasteiger partial charge in [-0.2, -0.15) is 0 Å². The van der Waals surface area contributed by atoms with Crippen LogP contribution in [0.25, 0.3) is 0 Å². The van der Waals surface area contributed by atoms with E-state index in [4.69, 9.17) is 11.5 Å². The third-order valence-corrected chi connectivity index (χ3v) is 2.37. The summed E-state index contributed by atoms with van der Waals surface area (Å²) in [4.78, 5) is 9.84. The van der Waals surface area contributed by atoms with Gasteiger partial charge in [-0.1, -0.05) is 11.3 Å². The lowest BCUT2D eigenvalue weighted by molar-refractivity contribution is -0.380. The molecule has 0 spiro atoms. The second-order valence-corrected chi connectivity index (χ2v) is 3.21. The fourth-order valence-corrected chi connectivity index (χ4v) is 1.56. The molecule has 1 heterocycles. The lowest BCUT2D eigenvalue weighted by Gasteiger charge is -2.02. The summed E-state index contributed by atoms with van der Waals surface area (Å²) >= 11 is 1.07. The summed E-state index contributed by atoms with van der Waals surface area (Å²) in [5.74, 6) is 0. The second-order valence-electron chi connectivity index (χ2n) is 2.32. The molecule has 6 heteroatoms. The van der Waals surface area contributed by atoms with Crippen LogP contribution in [0, 0.1) is 10.1 Å². The first-order valence-corrected chi connectivity index (χ1v) is 4.21. The van der Waals surface area contributed by atoms with Crippen molar-refractivity contribution in [1.29, 1.82) is 0 Å². The molecule has 0 aliphatic heterocycles. The van der Waals surface area contributed by atoms with Gasteiger partial charge in [0.05, 0.1) is 4.92 Å². The van der Waals surface area contributed by atoms with Crippen LogP contribution in [0.15, 0.2) is 11.4 Å². The summed E-state index contributed by atoms with van der Waals surface area (Å²) in [5.41, 5.74) is 11.6. The molecule has 0 saturated carbocycles. The molecule has 1 atom stereocenters. The highest BCUT2D eigenvalue weighted by molar-refractivity contribution is 7.13. The van der Waals surface area contributed by atoms with Crippen molar-refractivity contribution in [2.24, 2.45) is 11.5 Å². The Morgan fingerprint density at radius 3 is 2.83 bits per heavy atom. The molecule has 66 valence electrons. The van der Waals surface area contributed by atoms with Crippen LogP contribution in [-0.2, 0) is 0 Å². The molecule has 1 unspecified atom stereocenters. The smallest absolute Gasteiger partial charge is 0.324 e. The van der Waals surface area contributed by atoms with E-state index in [0.717, 1.165) is 16.9 Å². The van der Waals surface area contributed by atoms with Crippen LogP contribution in [0.4, 0.5) is 5.00 Å². The molecule has 12 heavy (non-hydrogen) atoms. The number of hydrogen-bond acceptors (Lipinski definition) is 5. The van der Waals surface area contributed by atoms with Crippen LogP contribution in [-0.4, -0.2) is 11.5 Å². The molecule has 0 aromatic carbocycles. The minimum atomic E-state index is -0.433. The normalized spacial score (nSPS) is 12.8. The van der Waals surface area contributed by atoms with E-state index in [1.165, 1.54) is 6.07 Å². The quantitative estimate of drug-likeness (QED) is 0.535. The van der Waals surface area contributed by atoms with Gasteiger partial charge < -0.3 is 11.5 Å². The first kappa shape index (κ1) is 9.11. The number of thiophene rings is 1. The van der Waals surface area contributed by atoms with Gasteiger partial charge >= 0.3 is 5.00 Å². The Hall–Kier alpha value is -0.980. The first-order chi connectivity index (χ1) is 5.65. The molecule has 1 aromatic rings. The average molecular weight is 187 g/mol. The maximum atomic E-state index is 10.3. The summed E-state index contributed by atoms with van der Waals surface area (Å²) in [7, 11) is 0. The summed E-state index contributed by atoms with van der Waals surface area (Å²) in [5, 5.41) is 12.0. The molecule has 4 N–H and O–H groups in total. The van der Waals surface area contributed by atoms with Crippen molar-refractivity contribution in [2.45, 2.75) is 6.04 Å². The van der Waals surface area contributed by atoms with Gasteiger partial charge in [0, 0.05) is 24.0 Å². The SMILES string of the molecule is NCC(N)c1csc([N+](=O)[O-])c1. The Balaban J connectivity index is 2.84. The third-order valence-electron chi connectivity index (χ3n) is 1.47. The number of nitro groups is 1. The first-order valence-electron chi connectivity index (χ1n) is 3.33. The van der Waals surface area contributed by atoms with Crippen LogP contribution in [0.2, 0.25) is 0 Å². The molecule has 5 nitrogen and oxygen atoms in total. The van der Waals surface area contributed by atoms with Crippen molar-refractivity contribution in [3.05, 3.63) is 27.1 Å². The molecular formula is C6H9N3O2S. The lowest BCUT2D eigenvalue weighted by atomic mass is 10.2. The van der Waals surface area contributed by atoms with Crippen molar-refractivity contribution in [3.63, 3.8) is 0 Å². The zero-order chi connectivity index (χ0) is 9.14. The number of hydrogen-bond donors (Lipinski definition) is 2. The van der Waals surface area contributed by atoms with E-state index in [-0.39, 0.29) is 11.0 Å². The van der Waals surface area contributed by atoms with E-state index in [9.17, 15) is 10.1 Å². The standard InChI is InChI=1S/C6H9N3O2S/c7-2-5(8)4-1-6(9(10)11)12-3-4/h1,3,5H,2,7-8H2. The van der Waals surface area contributed by atoms with E-state index < -0.39 is 4.92 Å². The average Bonchev–Trinajstić information content (AvgIpc) is 2.51. The van der Waals surface area contributed by atoms with E-state index in [2.05, 4.69) is 0 Å². The van der Waals surface area contributed by atoms with Crippen LogP contribution in [0.1, 0.15) is 11.6 Å². The Kier molecular flexibility index (Phi) is 2.74. The molecule has 0 aliphatic rings. The van der Waals surface area contributed by atoms with Gasteiger partial charge in [-0.15, -0.1) is 0 Å². The topological polar surface area (TPSA) is 95.2 Å². The fraction of sp³-hybridized carbons (Fsp3) is 0.333. The van der Waals surface area contributed by atoms with Crippen molar-refractivity contribution in [1.82, 2.24) is 0 Å². The van der Waals surface area contributed by atoms with Gasteiger partial charge in [0.2, 0.25) is 0 Å². The van der Waals surface area contributed by atoms with Crippen molar-refractivity contribution < 1.29 is 4.92 Å². The Morgan fingerprint density at radius 2 is 2.42 bits per heavy atom. The van der Waals surface area contributed by atoms with Crippen molar-refractivity contribution in [3.8, 4) is 0 Å². The minimum absolute atomic E-state index is 0.105. The summed E-state index contributed by atoms with van der Waals surface area (Å²) < 4.78 is 0.